The summed E-state index contributed by atoms with van der Waals surface area (Å²) in [6, 6.07) is 7.16. The van der Waals surface area contributed by atoms with Crippen molar-refractivity contribution in [3.05, 3.63) is 30.0 Å². The highest BCUT2D eigenvalue weighted by molar-refractivity contribution is 7.91. The molecule has 0 atom stereocenters. The van der Waals surface area contributed by atoms with Crippen molar-refractivity contribution in [3.63, 3.8) is 0 Å². The van der Waals surface area contributed by atoms with E-state index < -0.39 is 9.84 Å². The molecule has 3 N–H and O–H groups in total. The average molecular weight is 307 g/mol. The van der Waals surface area contributed by atoms with Gasteiger partial charge in [0.2, 0.25) is 0 Å². The molecule has 0 spiro atoms. The predicted octanol–water partition coefficient (Wildman–Crippen LogP) is 1.01. The van der Waals surface area contributed by atoms with Gasteiger partial charge in [0.1, 0.15) is 5.69 Å². The second-order valence-corrected chi connectivity index (χ2v) is 7.63. The minimum Gasteiger partial charge on any atom is -0.399 e. The third-order valence-electron chi connectivity index (χ3n) is 3.72. The Morgan fingerprint density at radius 1 is 1.19 bits per heavy atom. The van der Waals surface area contributed by atoms with Crippen LogP contribution in [0.1, 0.15) is 16.9 Å². The van der Waals surface area contributed by atoms with Crippen LogP contribution in [0.3, 0.4) is 0 Å². The van der Waals surface area contributed by atoms with Crippen LogP contribution in [-0.2, 0) is 9.84 Å². The van der Waals surface area contributed by atoms with Crippen LogP contribution in [0.15, 0.2) is 24.3 Å². The van der Waals surface area contributed by atoms with Crippen LogP contribution in [0.25, 0.3) is 10.9 Å². The van der Waals surface area contributed by atoms with Gasteiger partial charge < -0.3 is 15.6 Å². The van der Waals surface area contributed by atoms with Crippen molar-refractivity contribution < 1.29 is 13.2 Å². The Balaban J connectivity index is 1.86. The summed E-state index contributed by atoms with van der Waals surface area (Å²) in [7, 11) is -3.02. The molecule has 1 aliphatic heterocycles. The lowest BCUT2D eigenvalue weighted by Crippen LogP contribution is -2.33. The Labute approximate surface area is 122 Å². The molecule has 1 aromatic carbocycles. The van der Waals surface area contributed by atoms with E-state index in [-0.39, 0.29) is 24.0 Å². The summed E-state index contributed by atoms with van der Waals surface area (Å²) in [5.74, 6) is 0.0215. The predicted molar refractivity (Wildman–Crippen MR) is 81.9 cm³/mol. The molecule has 0 aliphatic carbocycles. The summed E-state index contributed by atoms with van der Waals surface area (Å²) in [4.78, 5) is 17.1. The number of nitrogens with two attached hydrogens (primary N) is 1. The first-order chi connectivity index (χ1) is 9.94. The van der Waals surface area contributed by atoms with Gasteiger partial charge in [-0.1, -0.05) is 0 Å². The van der Waals surface area contributed by atoms with Gasteiger partial charge in [0, 0.05) is 29.7 Å². The Kier molecular flexibility index (Phi) is 3.36. The Bertz CT molecular complexity index is 795. The number of carbonyl (C=O) groups is 1. The molecule has 7 heteroatoms. The standard InChI is InChI=1S/C14H17N3O3S/c15-11-2-3-12-10(8-11)9-13(16-12)14(18)17-4-1-6-21(19,20)7-5-17/h2-3,8-9,16H,1,4-7,15H2. The first-order valence-electron chi connectivity index (χ1n) is 6.82. The maximum absolute atomic E-state index is 12.5. The van der Waals surface area contributed by atoms with Crippen LogP contribution in [-0.4, -0.2) is 48.8 Å². The molecule has 0 radical (unpaired) electrons. The van der Waals surface area contributed by atoms with Crippen LogP contribution >= 0.6 is 0 Å². The number of amides is 1. The molecule has 112 valence electrons. The van der Waals surface area contributed by atoms with E-state index in [0.717, 1.165) is 10.9 Å². The maximum atomic E-state index is 12.5. The molecular formula is C14H17N3O3S. The summed E-state index contributed by atoms with van der Waals surface area (Å²) in [5, 5.41) is 0.876. The second-order valence-electron chi connectivity index (χ2n) is 5.33. The quantitative estimate of drug-likeness (QED) is 0.768. The van der Waals surface area contributed by atoms with Crippen molar-refractivity contribution in [2.75, 3.05) is 30.3 Å². The number of anilines is 1. The van der Waals surface area contributed by atoms with E-state index in [2.05, 4.69) is 4.98 Å². The number of aromatic nitrogens is 1. The Hall–Kier alpha value is -2.02. The number of nitrogens with one attached hydrogen (secondary N) is 1. The van der Waals surface area contributed by atoms with Crippen molar-refractivity contribution in [1.82, 2.24) is 9.88 Å². The molecule has 0 unspecified atom stereocenters. The number of nitrogens with zero attached hydrogens (tertiary/aromatic N) is 1. The smallest absolute Gasteiger partial charge is 0.270 e. The third kappa shape index (κ3) is 2.87. The fourth-order valence-electron chi connectivity index (χ4n) is 2.58. The van der Waals surface area contributed by atoms with E-state index in [1.807, 2.05) is 6.07 Å². The zero-order chi connectivity index (χ0) is 15.0. The molecule has 1 amide bonds. The second kappa shape index (κ2) is 5.07. The molecule has 1 fully saturated rings. The van der Waals surface area contributed by atoms with E-state index in [1.165, 1.54) is 0 Å². The normalized spacial score (nSPS) is 18.6. The molecule has 0 saturated carbocycles. The molecule has 1 saturated heterocycles. The molecule has 0 bridgehead atoms. The SMILES string of the molecule is Nc1ccc2[nH]c(C(=O)N3CCCS(=O)(=O)CC3)cc2c1. The number of carbonyl (C=O) groups excluding carboxylic acids is 1. The molecule has 1 aliphatic rings. The summed E-state index contributed by atoms with van der Waals surface area (Å²) >= 11 is 0. The van der Waals surface area contributed by atoms with Gasteiger partial charge in [-0.3, -0.25) is 4.79 Å². The Morgan fingerprint density at radius 3 is 2.81 bits per heavy atom. The van der Waals surface area contributed by atoms with Gasteiger partial charge in [0.15, 0.2) is 9.84 Å². The van der Waals surface area contributed by atoms with Gasteiger partial charge in [0.25, 0.3) is 5.91 Å². The van der Waals surface area contributed by atoms with E-state index in [4.69, 9.17) is 5.73 Å². The number of benzene rings is 1. The van der Waals surface area contributed by atoms with Gasteiger partial charge in [-0.15, -0.1) is 0 Å². The minimum atomic E-state index is -3.02. The number of hydrogen-bond donors (Lipinski definition) is 2. The zero-order valence-corrected chi connectivity index (χ0v) is 12.3. The fourth-order valence-corrected chi connectivity index (χ4v) is 3.85. The number of fused-ring (bicyclic) bond motifs is 1. The summed E-state index contributed by atoms with van der Waals surface area (Å²) in [5.41, 5.74) is 7.68. The highest BCUT2D eigenvalue weighted by atomic mass is 32.2. The highest BCUT2D eigenvalue weighted by Crippen LogP contribution is 2.20. The molecule has 21 heavy (non-hydrogen) atoms. The van der Waals surface area contributed by atoms with Gasteiger partial charge in [-0.2, -0.15) is 0 Å². The van der Waals surface area contributed by atoms with E-state index >= 15 is 0 Å². The average Bonchev–Trinajstić information content (AvgIpc) is 2.75. The molecule has 6 nitrogen and oxygen atoms in total. The number of hydrogen-bond acceptors (Lipinski definition) is 4. The first-order valence-corrected chi connectivity index (χ1v) is 8.65. The maximum Gasteiger partial charge on any atom is 0.270 e. The fraction of sp³-hybridized carbons (Fsp3) is 0.357. The van der Waals surface area contributed by atoms with Crippen LogP contribution in [0.2, 0.25) is 0 Å². The lowest BCUT2D eigenvalue weighted by atomic mass is 10.2. The topological polar surface area (TPSA) is 96.3 Å². The van der Waals surface area contributed by atoms with Gasteiger partial charge in [0.05, 0.1) is 11.5 Å². The number of nitrogen functional groups attached to an aromatic ring is 1. The van der Waals surface area contributed by atoms with E-state index in [1.54, 1.807) is 23.1 Å². The molecule has 2 aromatic rings. The van der Waals surface area contributed by atoms with Gasteiger partial charge in [-0.25, -0.2) is 8.42 Å². The van der Waals surface area contributed by atoms with E-state index in [9.17, 15) is 13.2 Å². The first kappa shape index (κ1) is 13.9. The van der Waals surface area contributed by atoms with Crippen molar-refractivity contribution in [2.45, 2.75) is 6.42 Å². The van der Waals surface area contributed by atoms with Crippen LogP contribution in [0.5, 0.6) is 0 Å². The zero-order valence-electron chi connectivity index (χ0n) is 11.5. The van der Waals surface area contributed by atoms with Crippen molar-refractivity contribution in [2.24, 2.45) is 0 Å². The van der Waals surface area contributed by atoms with Gasteiger partial charge >= 0.3 is 0 Å². The monoisotopic (exact) mass is 307 g/mol. The van der Waals surface area contributed by atoms with Crippen LogP contribution in [0, 0.1) is 0 Å². The number of H-pyrrole nitrogens is 1. The summed E-state index contributed by atoms with van der Waals surface area (Å²) in [6.45, 7) is 0.717. The lowest BCUT2D eigenvalue weighted by molar-refractivity contribution is 0.0763. The Morgan fingerprint density at radius 2 is 2.00 bits per heavy atom. The summed E-state index contributed by atoms with van der Waals surface area (Å²) < 4.78 is 23.2. The lowest BCUT2D eigenvalue weighted by Gasteiger charge is -2.18. The van der Waals surface area contributed by atoms with Crippen LogP contribution in [0.4, 0.5) is 5.69 Å². The molecule has 3 rings (SSSR count). The summed E-state index contributed by atoms with van der Waals surface area (Å²) in [6.07, 6.45) is 0.487. The highest BCUT2D eigenvalue weighted by Gasteiger charge is 2.24. The molecule has 2 heterocycles. The van der Waals surface area contributed by atoms with Gasteiger partial charge in [-0.05, 0) is 30.7 Å². The largest absolute Gasteiger partial charge is 0.399 e. The number of rotatable bonds is 1. The van der Waals surface area contributed by atoms with Crippen LogP contribution < -0.4 is 5.73 Å². The number of aromatic amines is 1. The third-order valence-corrected chi connectivity index (χ3v) is 5.43. The minimum absolute atomic E-state index is 0.0336. The van der Waals surface area contributed by atoms with Crippen molar-refractivity contribution >= 4 is 32.3 Å². The number of sulfone groups is 1. The molecule has 1 aromatic heterocycles. The van der Waals surface area contributed by atoms with Crippen molar-refractivity contribution in [1.29, 1.82) is 0 Å². The van der Waals surface area contributed by atoms with Crippen molar-refractivity contribution in [3.8, 4) is 0 Å². The molecular weight excluding hydrogens is 290 g/mol. The van der Waals surface area contributed by atoms with E-state index in [0.29, 0.717) is 24.3 Å².